The van der Waals surface area contributed by atoms with Crippen molar-refractivity contribution in [3.8, 4) is 0 Å². The maximum Gasteiger partial charge on any atom is 0.416 e. The molecule has 0 aliphatic heterocycles. The second-order valence-corrected chi connectivity index (χ2v) is 5.72. The van der Waals surface area contributed by atoms with Gasteiger partial charge in [-0.15, -0.1) is 24.0 Å². The average Bonchev–Trinajstić information content (AvgIpc) is 3.39. The summed E-state index contributed by atoms with van der Waals surface area (Å²) in [7, 11) is 1.48. The molecule has 3 N–H and O–H groups in total. The van der Waals surface area contributed by atoms with Gasteiger partial charge in [-0.3, -0.25) is 9.79 Å². The third-order valence-corrected chi connectivity index (χ3v) is 3.71. The Morgan fingerprint density at radius 3 is 2.42 bits per heavy atom. The molecule has 0 radical (unpaired) electrons. The van der Waals surface area contributed by atoms with Crippen LogP contribution in [0, 0.1) is 11.7 Å². The van der Waals surface area contributed by atoms with E-state index in [9.17, 15) is 22.4 Å². The van der Waals surface area contributed by atoms with E-state index in [1.54, 1.807) is 0 Å². The van der Waals surface area contributed by atoms with Crippen LogP contribution in [0.2, 0.25) is 0 Å². The van der Waals surface area contributed by atoms with Crippen LogP contribution in [0.4, 0.5) is 17.6 Å². The summed E-state index contributed by atoms with van der Waals surface area (Å²) in [5, 5.41) is 8.40. The van der Waals surface area contributed by atoms with Crippen molar-refractivity contribution in [3.05, 3.63) is 35.1 Å². The van der Waals surface area contributed by atoms with Crippen molar-refractivity contribution in [1.29, 1.82) is 0 Å². The van der Waals surface area contributed by atoms with Gasteiger partial charge in [0, 0.05) is 32.6 Å². The van der Waals surface area contributed by atoms with E-state index in [-0.39, 0.29) is 53.9 Å². The van der Waals surface area contributed by atoms with Crippen molar-refractivity contribution in [2.24, 2.45) is 10.9 Å². The van der Waals surface area contributed by atoms with Crippen LogP contribution in [0.3, 0.4) is 0 Å². The first-order valence-electron chi connectivity index (χ1n) is 7.89. The first-order valence-corrected chi connectivity index (χ1v) is 7.89. The van der Waals surface area contributed by atoms with Crippen LogP contribution in [0.25, 0.3) is 0 Å². The number of rotatable bonds is 6. The normalized spacial score (nSPS) is 14.4. The highest BCUT2D eigenvalue weighted by Crippen LogP contribution is 2.32. The number of carbonyl (C=O) groups is 1. The molecule has 26 heavy (non-hydrogen) atoms. The van der Waals surface area contributed by atoms with Gasteiger partial charge in [0.2, 0.25) is 5.91 Å². The smallest absolute Gasteiger partial charge is 0.355 e. The van der Waals surface area contributed by atoms with Crippen LogP contribution < -0.4 is 16.0 Å². The van der Waals surface area contributed by atoms with Gasteiger partial charge < -0.3 is 16.0 Å². The Morgan fingerprint density at radius 1 is 1.19 bits per heavy atom. The first-order chi connectivity index (χ1) is 11.8. The summed E-state index contributed by atoms with van der Waals surface area (Å²) >= 11 is 0. The van der Waals surface area contributed by atoms with E-state index < -0.39 is 17.6 Å². The van der Waals surface area contributed by atoms with Gasteiger partial charge in [-0.25, -0.2) is 4.39 Å². The Morgan fingerprint density at radius 2 is 1.85 bits per heavy atom. The number of amides is 1. The predicted octanol–water partition coefficient (Wildman–Crippen LogP) is 2.65. The molecule has 1 aliphatic carbocycles. The number of nitrogens with zero attached hydrogens (tertiary/aromatic N) is 1. The molecule has 2 rings (SSSR count). The van der Waals surface area contributed by atoms with Crippen molar-refractivity contribution in [1.82, 2.24) is 16.0 Å². The number of carbonyl (C=O) groups excluding carboxylic acids is 1. The molecule has 0 bridgehead atoms. The quantitative estimate of drug-likeness (QED) is 0.190. The van der Waals surface area contributed by atoms with Crippen LogP contribution in [0.5, 0.6) is 0 Å². The molecule has 1 saturated carbocycles. The number of alkyl halides is 3. The molecule has 0 spiro atoms. The number of hydrogen-bond donors (Lipinski definition) is 3. The van der Waals surface area contributed by atoms with Crippen LogP contribution in [-0.2, 0) is 17.5 Å². The second kappa shape index (κ2) is 9.93. The monoisotopic (exact) mass is 488 g/mol. The minimum atomic E-state index is -4.64. The van der Waals surface area contributed by atoms with Gasteiger partial charge >= 0.3 is 6.18 Å². The Hall–Kier alpha value is -1.59. The zero-order valence-corrected chi connectivity index (χ0v) is 16.5. The number of aliphatic imine (C=N–C) groups is 1. The van der Waals surface area contributed by atoms with Crippen LogP contribution in [0.1, 0.15) is 24.0 Å². The molecule has 1 amide bonds. The molecule has 146 valence electrons. The van der Waals surface area contributed by atoms with Gasteiger partial charge in [0.25, 0.3) is 0 Å². The summed E-state index contributed by atoms with van der Waals surface area (Å²) in [6.07, 6.45) is -2.80. The Bertz CT molecular complexity index is 648. The highest BCUT2D eigenvalue weighted by atomic mass is 127. The number of nitrogens with one attached hydrogen (secondary N) is 3. The predicted molar refractivity (Wildman–Crippen MR) is 101 cm³/mol. The lowest BCUT2D eigenvalue weighted by Gasteiger charge is -2.16. The summed E-state index contributed by atoms with van der Waals surface area (Å²) in [5.41, 5.74) is -1.11. The van der Waals surface area contributed by atoms with E-state index in [4.69, 9.17) is 0 Å². The molecule has 10 heteroatoms. The van der Waals surface area contributed by atoms with Crippen LogP contribution >= 0.6 is 24.0 Å². The molecule has 0 aromatic heterocycles. The molecule has 1 fully saturated rings. The van der Waals surface area contributed by atoms with Gasteiger partial charge in [0.1, 0.15) is 5.82 Å². The number of halogens is 5. The SMILES string of the molecule is CN=C(NCCNC(=O)C1CC1)NCc1ccc(F)cc1C(F)(F)F.I. The third-order valence-electron chi connectivity index (χ3n) is 3.71. The van der Waals surface area contributed by atoms with Gasteiger partial charge in [0.05, 0.1) is 5.56 Å². The minimum Gasteiger partial charge on any atom is -0.355 e. The van der Waals surface area contributed by atoms with E-state index in [1.165, 1.54) is 7.05 Å². The molecule has 5 nitrogen and oxygen atoms in total. The summed E-state index contributed by atoms with van der Waals surface area (Å²) in [5.74, 6) is -0.509. The molecular formula is C16H21F4IN4O. The topological polar surface area (TPSA) is 65.5 Å². The van der Waals surface area contributed by atoms with E-state index in [0.29, 0.717) is 19.2 Å². The lowest BCUT2D eigenvalue weighted by atomic mass is 10.1. The van der Waals surface area contributed by atoms with E-state index in [2.05, 4.69) is 20.9 Å². The molecular weight excluding hydrogens is 467 g/mol. The minimum absolute atomic E-state index is 0. The largest absolute Gasteiger partial charge is 0.416 e. The lowest BCUT2D eigenvalue weighted by Crippen LogP contribution is -2.41. The van der Waals surface area contributed by atoms with Crippen LogP contribution in [-0.4, -0.2) is 32.0 Å². The highest BCUT2D eigenvalue weighted by molar-refractivity contribution is 14.0. The summed E-state index contributed by atoms with van der Waals surface area (Å²) in [6, 6.07) is 2.55. The molecule has 0 atom stereocenters. The summed E-state index contributed by atoms with van der Waals surface area (Å²) < 4.78 is 51.9. The van der Waals surface area contributed by atoms with E-state index in [1.807, 2.05) is 0 Å². The standard InChI is InChI=1S/C16H20F4N4O.HI/c1-21-15(23-7-6-22-14(25)10-2-3-10)24-9-11-4-5-12(17)8-13(11)16(18,19)20;/h4-5,8,10H,2-3,6-7,9H2,1H3,(H,22,25)(H2,21,23,24);1H. The fourth-order valence-electron chi connectivity index (χ4n) is 2.22. The molecule has 0 heterocycles. The van der Waals surface area contributed by atoms with Crippen molar-refractivity contribution in [2.45, 2.75) is 25.6 Å². The zero-order valence-electron chi connectivity index (χ0n) is 14.1. The van der Waals surface area contributed by atoms with Crippen molar-refractivity contribution < 1.29 is 22.4 Å². The van der Waals surface area contributed by atoms with Gasteiger partial charge in [0.15, 0.2) is 5.96 Å². The Balaban J connectivity index is 0.00000338. The number of hydrogen-bond acceptors (Lipinski definition) is 2. The average molecular weight is 488 g/mol. The molecule has 0 saturated heterocycles. The highest BCUT2D eigenvalue weighted by Gasteiger charge is 2.33. The van der Waals surface area contributed by atoms with Gasteiger partial charge in [-0.2, -0.15) is 13.2 Å². The van der Waals surface area contributed by atoms with Crippen LogP contribution in [0.15, 0.2) is 23.2 Å². The summed E-state index contributed by atoms with van der Waals surface area (Å²) in [4.78, 5) is 15.4. The molecule has 1 aromatic carbocycles. The zero-order chi connectivity index (χ0) is 18.4. The van der Waals surface area contributed by atoms with Crippen molar-refractivity contribution in [3.63, 3.8) is 0 Å². The van der Waals surface area contributed by atoms with E-state index >= 15 is 0 Å². The molecule has 1 aromatic rings. The number of guanidine groups is 1. The lowest BCUT2D eigenvalue weighted by molar-refractivity contribution is -0.138. The Labute approximate surface area is 166 Å². The second-order valence-electron chi connectivity index (χ2n) is 5.72. The van der Waals surface area contributed by atoms with E-state index in [0.717, 1.165) is 25.0 Å². The van der Waals surface area contributed by atoms with Gasteiger partial charge in [-0.05, 0) is 30.5 Å². The fraction of sp³-hybridized carbons (Fsp3) is 0.500. The number of benzene rings is 1. The summed E-state index contributed by atoms with van der Waals surface area (Å²) in [6.45, 7) is 0.608. The first kappa shape index (κ1) is 22.5. The Kier molecular flexibility index (Phi) is 8.57. The molecule has 1 aliphatic rings. The third kappa shape index (κ3) is 6.96. The van der Waals surface area contributed by atoms with Crippen molar-refractivity contribution in [2.75, 3.05) is 20.1 Å². The van der Waals surface area contributed by atoms with Gasteiger partial charge in [-0.1, -0.05) is 6.07 Å². The maximum atomic E-state index is 13.1. The molecule has 0 unspecified atom stereocenters. The van der Waals surface area contributed by atoms with Crippen molar-refractivity contribution >= 4 is 35.8 Å². The fourth-order valence-corrected chi connectivity index (χ4v) is 2.22. The maximum absolute atomic E-state index is 13.1.